The molecule has 180 valence electrons. The van der Waals surface area contributed by atoms with Crippen LogP contribution in [0.15, 0.2) is 42.5 Å². The number of alkyl halides is 3. The third-order valence-corrected chi connectivity index (χ3v) is 8.63. The van der Waals surface area contributed by atoms with Gasteiger partial charge >= 0.3 is 6.18 Å². The maximum Gasteiger partial charge on any atom is 0.421 e. The summed E-state index contributed by atoms with van der Waals surface area (Å²) in [6.07, 6.45) is 1.07. The van der Waals surface area contributed by atoms with Crippen LogP contribution >= 0.6 is 0 Å². The van der Waals surface area contributed by atoms with E-state index in [1.807, 2.05) is 19.1 Å². The van der Waals surface area contributed by atoms with Gasteiger partial charge in [-0.2, -0.15) is 17.5 Å². The molecule has 2 aliphatic rings. The molecule has 0 radical (unpaired) electrons. The summed E-state index contributed by atoms with van der Waals surface area (Å²) in [5.41, 5.74) is 0.855. The van der Waals surface area contributed by atoms with Crippen molar-refractivity contribution in [3.63, 3.8) is 0 Å². The second-order valence-corrected chi connectivity index (χ2v) is 11.7. The van der Waals surface area contributed by atoms with Crippen LogP contribution in [0.3, 0.4) is 0 Å². The third kappa shape index (κ3) is 4.70. The summed E-state index contributed by atoms with van der Waals surface area (Å²) in [5, 5.41) is 9.87. The number of rotatable bonds is 5. The zero-order valence-electron chi connectivity index (χ0n) is 19.1. The van der Waals surface area contributed by atoms with E-state index in [4.69, 9.17) is 0 Å². The van der Waals surface area contributed by atoms with Crippen LogP contribution in [0.4, 0.5) is 13.2 Å². The van der Waals surface area contributed by atoms with Gasteiger partial charge in [0.25, 0.3) is 0 Å². The van der Waals surface area contributed by atoms with E-state index >= 15 is 0 Å². The highest BCUT2D eigenvalue weighted by molar-refractivity contribution is 7.88. The number of halogens is 3. The summed E-state index contributed by atoms with van der Waals surface area (Å²) in [4.78, 5) is 0. The number of piperidine rings is 1. The smallest absolute Gasteiger partial charge is 0.376 e. The monoisotopic (exact) mass is 481 g/mol. The summed E-state index contributed by atoms with van der Waals surface area (Å²) in [6, 6.07) is 12.2. The fraction of sp³-hybridized carbons (Fsp3) is 0.520. The molecule has 0 aliphatic carbocycles. The first-order chi connectivity index (χ1) is 15.3. The number of hydrogen-bond donors (Lipinski definition) is 1. The number of aliphatic hydroxyl groups is 1. The van der Waals surface area contributed by atoms with Gasteiger partial charge < -0.3 is 5.11 Å². The minimum absolute atomic E-state index is 0.108. The van der Waals surface area contributed by atoms with Gasteiger partial charge in [0.2, 0.25) is 10.0 Å². The average molecular weight is 482 g/mol. The molecule has 1 N–H and O–H groups in total. The van der Waals surface area contributed by atoms with E-state index in [1.165, 1.54) is 24.0 Å². The molecule has 2 bridgehead atoms. The molecule has 2 fully saturated rings. The van der Waals surface area contributed by atoms with Gasteiger partial charge in [0.1, 0.15) is 0 Å². The SMILES string of the molecule is Cc1cc(CC2CC3CCC(C2)N3S(C)(=O)=O)ccc1-c1ccc(C(C)(O)C(F)(F)F)cc1. The van der Waals surface area contributed by atoms with Crippen LogP contribution in [0.25, 0.3) is 11.1 Å². The Morgan fingerprint density at radius 2 is 1.61 bits per heavy atom. The lowest BCUT2D eigenvalue weighted by Gasteiger charge is -2.37. The van der Waals surface area contributed by atoms with E-state index < -0.39 is 21.8 Å². The van der Waals surface area contributed by atoms with Gasteiger partial charge in [0, 0.05) is 12.1 Å². The van der Waals surface area contributed by atoms with E-state index in [2.05, 4.69) is 6.07 Å². The van der Waals surface area contributed by atoms with Crippen molar-refractivity contribution in [1.82, 2.24) is 4.31 Å². The molecule has 0 amide bonds. The molecule has 0 aromatic heterocycles. The van der Waals surface area contributed by atoms with Crippen molar-refractivity contribution in [2.24, 2.45) is 5.92 Å². The lowest BCUT2D eigenvalue weighted by atomic mass is 9.86. The molecular formula is C25H30F3NO3S. The summed E-state index contributed by atoms with van der Waals surface area (Å²) in [5.74, 6) is 0.439. The molecule has 0 saturated carbocycles. The Morgan fingerprint density at radius 1 is 1.03 bits per heavy atom. The zero-order valence-corrected chi connectivity index (χ0v) is 19.9. The maximum atomic E-state index is 13.1. The number of hydrogen-bond acceptors (Lipinski definition) is 3. The highest BCUT2D eigenvalue weighted by atomic mass is 32.2. The summed E-state index contributed by atoms with van der Waals surface area (Å²) >= 11 is 0. The predicted octanol–water partition coefficient (Wildman–Crippen LogP) is 5.18. The largest absolute Gasteiger partial charge is 0.421 e. The Balaban J connectivity index is 1.47. The number of fused-ring (bicyclic) bond motifs is 2. The molecule has 3 atom stereocenters. The van der Waals surface area contributed by atoms with Crippen molar-refractivity contribution in [2.75, 3.05) is 6.26 Å². The second kappa shape index (κ2) is 8.40. The lowest BCUT2D eigenvalue weighted by Crippen LogP contribution is -2.46. The Morgan fingerprint density at radius 3 is 2.09 bits per heavy atom. The van der Waals surface area contributed by atoms with Crippen molar-refractivity contribution in [3.05, 3.63) is 59.2 Å². The standard InChI is InChI=1S/C25H30F3NO3S/c1-16-12-17(13-18-14-21-9-10-22(15-18)29(21)33(3,31)32)4-11-23(16)19-5-7-20(8-6-19)24(2,30)25(26,27)28/h4-8,11-12,18,21-22,30H,9-10,13-15H2,1-3H3. The van der Waals surface area contributed by atoms with Crippen LogP contribution in [0.1, 0.15) is 49.3 Å². The molecule has 33 heavy (non-hydrogen) atoms. The van der Waals surface area contributed by atoms with Crippen LogP contribution in [0, 0.1) is 12.8 Å². The van der Waals surface area contributed by atoms with Gasteiger partial charge in [-0.15, -0.1) is 0 Å². The van der Waals surface area contributed by atoms with Gasteiger partial charge in [-0.05, 0) is 79.7 Å². The molecule has 2 aromatic carbocycles. The van der Waals surface area contributed by atoms with E-state index in [-0.39, 0.29) is 17.6 Å². The minimum Gasteiger partial charge on any atom is -0.376 e. The molecular weight excluding hydrogens is 451 g/mol. The third-order valence-electron chi connectivity index (χ3n) is 7.27. The Kier molecular flexibility index (Phi) is 6.16. The van der Waals surface area contributed by atoms with Gasteiger partial charge in [-0.25, -0.2) is 8.42 Å². The van der Waals surface area contributed by atoms with Gasteiger partial charge in [-0.1, -0.05) is 42.5 Å². The summed E-state index contributed by atoms with van der Waals surface area (Å²) in [6.45, 7) is 2.74. The summed E-state index contributed by atoms with van der Waals surface area (Å²) < 4.78 is 65.2. The van der Waals surface area contributed by atoms with Crippen molar-refractivity contribution >= 4 is 10.0 Å². The first-order valence-corrected chi connectivity index (χ1v) is 13.1. The molecule has 3 unspecified atom stereocenters. The molecule has 2 aliphatic heterocycles. The highest BCUT2D eigenvalue weighted by Gasteiger charge is 2.51. The molecule has 4 rings (SSSR count). The van der Waals surface area contributed by atoms with E-state index in [9.17, 15) is 26.7 Å². The van der Waals surface area contributed by atoms with Crippen LogP contribution < -0.4 is 0 Å². The van der Waals surface area contributed by atoms with Crippen molar-refractivity contribution in [3.8, 4) is 11.1 Å². The fourth-order valence-corrected chi connectivity index (χ4v) is 7.07. The Bertz CT molecular complexity index is 1110. The van der Waals surface area contributed by atoms with Crippen LogP contribution in [-0.4, -0.2) is 42.3 Å². The van der Waals surface area contributed by atoms with Gasteiger partial charge in [-0.3, -0.25) is 0 Å². The maximum absolute atomic E-state index is 13.1. The minimum atomic E-state index is -4.75. The average Bonchev–Trinajstić information content (AvgIpc) is 2.99. The number of sulfonamides is 1. The van der Waals surface area contributed by atoms with Crippen LogP contribution in [0.2, 0.25) is 0 Å². The first-order valence-electron chi connectivity index (χ1n) is 11.3. The van der Waals surface area contributed by atoms with Crippen LogP contribution in [-0.2, 0) is 22.0 Å². The van der Waals surface area contributed by atoms with Crippen molar-refractivity contribution in [1.29, 1.82) is 0 Å². The van der Waals surface area contributed by atoms with Gasteiger partial charge in [0.05, 0.1) is 6.26 Å². The van der Waals surface area contributed by atoms with E-state index in [0.717, 1.165) is 55.7 Å². The summed E-state index contributed by atoms with van der Waals surface area (Å²) in [7, 11) is -3.17. The first kappa shape index (κ1) is 24.2. The second-order valence-electron chi connectivity index (χ2n) is 9.82. The molecule has 8 heteroatoms. The van der Waals surface area contributed by atoms with Gasteiger partial charge in [0.15, 0.2) is 5.60 Å². The van der Waals surface area contributed by atoms with E-state index in [0.29, 0.717) is 5.92 Å². The topological polar surface area (TPSA) is 57.6 Å². The highest BCUT2D eigenvalue weighted by Crippen LogP contribution is 2.42. The number of aryl methyl sites for hydroxylation is 1. The van der Waals surface area contributed by atoms with Crippen molar-refractivity contribution < 1.29 is 26.7 Å². The molecule has 2 saturated heterocycles. The van der Waals surface area contributed by atoms with Crippen molar-refractivity contribution in [2.45, 2.75) is 69.8 Å². The Hall–Kier alpha value is -1.90. The molecule has 2 aromatic rings. The lowest BCUT2D eigenvalue weighted by molar-refractivity contribution is -0.258. The molecule has 2 heterocycles. The fourth-order valence-electron chi connectivity index (χ4n) is 5.60. The normalized spacial score (nSPS) is 25.7. The number of benzene rings is 2. The van der Waals surface area contributed by atoms with E-state index in [1.54, 1.807) is 16.4 Å². The molecule has 4 nitrogen and oxygen atoms in total. The predicted molar refractivity (Wildman–Crippen MR) is 122 cm³/mol. The zero-order chi connectivity index (χ0) is 24.2. The quantitative estimate of drug-likeness (QED) is 0.641. The molecule has 0 spiro atoms. The number of nitrogens with zero attached hydrogens (tertiary/aromatic N) is 1. The van der Waals surface area contributed by atoms with Crippen LogP contribution in [0.5, 0.6) is 0 Å². The Labute approximate surface area is 193 Å².